The van der Waals surface area contributed by atoms with Gasteiger partial charge in [0, 0.05) is 26.8 Å². The van der Waals surface area contributed by atoms with Gasteiger partial charge in [0.25, 0.3) is 5.91 Å². The van der Waals surface area contributed by atoms with Crippen molar-refractivity contribution in [3.05, 3.63) is 0 Å². The number of hydrogen-bond acceptors (Lipinski definition) is 4. The molecule has 1 saturated carbocycles. The maximum absolute atomic E-state index is 13.0. The predicted octanol–water partition coefficient (Wildman–Crippen LogP) is 1.68. The van der Waals surface area contributed by atoms with Gasteiger partial charge in [0.05, 0.1) is 6.61 Å². The fourth-order valence-electron chi connectivity index (χ4n) is 3.87. The van der Waals surface area contributed by atoms with Crippen LogP contribution in [0.3, 0.4) is 0 Å². The van der Waals surface area contributed by atoms with E-state index >= 15 is 0 Å². The number of carboxylic acids is 1. The Bertz CT molecular complexity index is 415. The van der Waals surface area contributed by atoms with Gasteiger partial charge in [-0.25, -0.2) is 0 Å². The van der Waals surface area contributed by atoms with Crippen LogP contribution in [0.25, 0.3) is 0 Å². The van der Waals surface area contributed by atoms with Gasteiger partial charge < -0.3 is 19.5 Å². The Morgan fingerprint density at radius 1 is 1.18 bits per heavy atom. The zero-order valence-corrected chi connectivity index (χ0v) is 13.6. The minimum Gasteiger partial charge on any atom is -0.481 e. The quantitative estimate of drug-likeness (QED) is 0.807. The van der Waals surface area contributed by atoms with Crippen molar-refractivity contribution in [2.75, 3.05) is 33.4 Å². The van der Waals surface area contributed by atoms with Gasteiger partial charge in [-0.3, -0.25) is 9.59 Å². The maximum atomic E-state index is 13.0. The third kappa shape index (κ3) is 3.13. The first-order chi connectivity index (χ1) is 10.5. The first-order valence-electron chi connectivity index (χ1n) is 8.15. The molecule has 0 aromatic rings. The number of aliphatic carboxylic acids is 1. The summed E-state index contributed by atoms with van der Waals surface area (Å²) in [5.74, 6) is -0.919. The lowest BCUT2D eigenvalue weighted by Crippen LogP contribution is -2.57. The molecule has 1 heterocycles. The smallest absolute Gasteiger partial charge is 0.313 e. The summed E-state index contributed by atoms with van der Waals surface area (Å²) in [6.07, 6.45) is 4.68. The van der Waals surface area contributed by atoms with Crippen LogP contribution in [0.2, 0.25) is 0 Å². The van der Waals surface area contributed by atoms with Crippen molar-refractivity contribution in [1.82, 2.24) is 4.90 Å². The van der Waals surface area contributed by atoms with E-state index in [4.69, 9.17) is 9.47 Å². The topological polar surface area (TPSA) is 76.1 Å². The summed E-state index contributed by atoms with van der Waals surface area (Å²) >= 11 is 0. The van der Waals surface area contributed by atoms with Crippen LogP contribution >= 0.6 is 0 Å². The summed E-state index contributed by atoms with van der Waals surface area (Å²) in [4.78, 5) is 26.4. The number of nitrogens with zero attached hydrogens (tertiary/aromatic N) is 1. The van der Waals surface area contributed by atoms with Gasteiger partial charge in [0.2, 0.25) is 0 Å². The highest BCUT2D eigenvalue weighted by Gasteiger charge is 2.49. The number of likely N-dealkylation sites (tertiary alicyclic amines) is 1. The van der Waals surface area contributed by atoms with Gasteiger partial charge in [-0.2, -0.15) is 0 Å². The first kappa shape index (κ1) is 17.2. The molecule has 1 aliphatic carbocycles. The molecule has 1 N–H and O–H groups in total. The third-order valence-corrected chi connectivity index (χ3v) is 4.96. The highest BCUT2D eigenvalue weighted by Crippen LogP contribution is 2.38. The van der Waals surface area contributed by atoms with E-state index in [1.165, 1.54) is 7.11 Å². The molecule has 1 saturated heterocycles. The number of ether oxygens (including phenoxy) is 2. The number of methoxy groups -OCH3 is 1. The number of amides is 1. The van der Waals surface area contributed by atoms with E-state index in [9.17, 15) is 14.7 Å². The average Bonchev–Trinajstić information content (AvgIpc) is 2.97. The average molecular weight is 313 g/mol. The summed E-state index contributed by atoms with van der Waals surface area (Å²) in [5.41, 5.74) is -1.72. The second-order valence-corrected chi connectivity index (χ2v) is 6.48. The zero-order chi connectivity index (χ0) is 16.2. The lowest BCUT2D eigenvalue weighted by molar-refractivity contribution is -0.168. The van der Waals surface area contributed by atoms with Crippen LogP contribution in [0.4, 0.5) is 0 Å². The Morgan fingerprint density at radius 3 is 2.41 bits per heavy atom. The van der Waals surface area contributed by atoms with Gasteiger partial charge in [0.15, 0.2) is 0 Å². The van der Waals surface area contributed by atoms with Crippen molar-refractivity contribution in [2.45, 2.75) is 51.0 Å². The molecule has 2 rings (SSSR count). The first-order valence-corrected chi connectivity index (χ1v) is 8.15. The van der Waals surface area contributed by atoms with Crippen molar-refractivity contribution < 1.29 is 24.2 Å². The number of carbonyl (C=O) groups excluding carboxylic acids is 1. The molecule has 0 bridgehead atoms. The summed E-state index contributed by atoms with van der Waals surface area (Å²) in [6, 6.07) is 0. The molecule has 6 heteroatoms. The summed E-state index contributed by atoms with van der Waals surface area (Å²) in [5, 5.41) is 9.60. The Labute approximate surface area is 131 Å². The molecule has 126 valence electrons. The second-order valence-electron chi connectivity index (χ2n) is 6.48. The van der Waals surface area contributed by atoms with E-state index in [0.717, 1.165) is 25.7 Å². The number of hydrogen-bond donors (Lipinski definition) is 1. The number of rotatable bonds is 6. The van der Waals surface area contributed by atoms with E-state index in [1.54, 1.807) is 4.90 Å². The van der Waals surface area contributed by atoms with Crippen LogP contribution < -0.4 is 0 Å². The monoisotopic (exact) mass is 313 g/mol. The molecule has 22 heavy (non-hydrogen) atoms. The molecule has 1 amide bonds. The summed E-state index contributed by atoms with van der Waals surface area (Å²) in [7, 11) is 1.50. The lowest BCUT2D eigenvalue weighted by Gasteiger charge is -2.42. The molecule has 6 nitrogen and oxygen atoms in total. The van der Waals surface area contributed by atoms with Crippen molar-refractivity contribution in [2.24, 2.45) is 5.41 Å². The van der Waals surface area contributed by atoms with Crippen molar-refractivity contribution in [3.63, 3.8) is 0 Å². The highest BCUT2D eigenvalue weighted by atomic mass is 16.5. The number of piperidine rings is 1. The molecular formula is C16H27NO5. The zero-order valence-electron chi connectivity index (χ0n) is 13.6. The maximum Gasteiger partial charge on any atom is 0.313 e. The van der Waals surface area contributed by atoms with E-state index < -0.39 is 17.0 Å². The van der Waals surface area contributed by atoms with Gasteiger partial charge in [-0.05, 0) is 45.4 Å². The van der Waals surface area contributed by atoms with Crippen LogP contribution in [0.15, 0.2) is 0 Å². The van der Waals surface area contributed by atoms with Crippen LogP contribution in [0, 0.1) is 5.41 Å². The Hall–Kier alpha value is -1.14. The summed E-state index contributed by atoms with van der Waals surface area (Å²) < 4.78 is 10.9. The minimum absolute atomic E-state index is 0.0340. The fourth-order valence-corrected chi connectivity index (χ4v) is 3.87. The predicted molar refractivity (Wildman–Crippen MR) is 80.6 cm³/mol. The standard InChI is InChI=1S/C16H27NO5/c1-3-22-16(8-4-5-9-16)13(18)17-10-6-7-15(11-17,12-21-2)14(19)20/h3-12H2,1-2H3,(H,19,20). The van der Waals surface area contributed by atoms with Crippen LogP contribution in [0.5, 0.6) is 0 Å². The van der Waals surface area contributed by atoms with E-state index in [0.29, 0.717) is 26.0 Å². The van der Waals surface area contributed by atoms with Crippen LogP contribution in [0.1, 0.15) is 45.4 Å². The van der Waals surface area contributed by atoms with Crippen LogP contribution in [-0.4, -0.2) is 60.9 Å². The molecule has 1 atom stereocenters. The molecule has 1 unspecified atom stereocenters. The molecule has 0 radical (unpaired) electrons. The third-order valence-electron chi connectivity index (χ3n) is 4.96. The van der Waals surface area contributed by atoms with E-state index in [2.05, 4.69) is 0 Å². The van der Waals surface area contributed by atoms with Gasteiger partial charge >= 0.3 is 5.97 Å². The molecule has 2 fully saturated rings. The Kier molecular flexibility index (Phi) is 5.45. The fraction of sp³-hybridized carbons (Fsp3) is 0.875. The molecule has 0 aromatic heterocycles. The van der Waals surface area contributed by atoms with Crippen molar-refractivity contribution >= 4 is 11.9 Å². The Morgan fingerprint density at radius 2 is 1.86 bits per heavy atom. The molecule has 2 aliphatic rings. The van der Waals surface area contributed by atoms with Gasteiger partial charge in [-0.15, -0.1) is 0 Å². The van der Waals surface area contributed by atoms with Gasteiger partial charge in [0.1, 0.15) is 11.0 Å². The second kappa shape index (κ2) is 6.96. The minimum atomic E-state index is -0.991. The highest BCUT2D eigenvalue weighted by molar-refractivity contribution is 5.87. The molecule has 1 aliphatic heterocycles. The molecule has 0 aromatic carbocycles. The normalized spacial score (nSPS) is 27.8. The van der Waals surface area contributed by atoms with Crippen molar-refractivity contribution in [1.29, 1.82) is 0 Å². The molecule has 0 spiro atoms. The number of carbonyl (C=O) groups is 2. The largest absolute Gasteiger partial charge is 0.481 e. The van der Waals surface area contributed by atoms with E-state index in [-0.39, 0.29) is 19.1 Å². The number of carboxylic acid groups (broad SMARTS) is 1. The van der Waals surface area contributed by atoms with E-state index in [1.807, 2.05) is 6.92 Å². The Balaban J connectivity index is 2.17. The molecular weight excluding hydrogens is 286 g/mol. The van der Waals surface area contributed by atoms with Gasteiger partial charge in [-0.1, -0.05) is 0 Å². The van der Waals surface area contributed by atoms with Crippen LogP contribution in [-0.2, 0) is 19.1 Å². The summed E-state index contributed by atoms with van der Waals surface area (Å²) in [6.45, 7) is 3.35. The SMILES string of the molecule is CCOC1(C(=O)N2CCCC(COC)(C(=O)O)C2)CCCC1. The lowest BCUT2D eigenvalue weighted by atomic mass is 9.80. The van der Waals surface area contributed by atoms with Crippen molar-refractivity contribution in [3.8, 4) is 0 Å².